The standard InChI is InChI=1S/C24H29NO5S/c1-4-7-10-18-15-19-11-8-12-20-22(19)21(16-18)24(27)25(23(20)26)30-31(28,29)14-13-17(6-3)9-5-2/h5-6,8-9,11-12,15-16,19,22H,4,7,10,13-14H2,1-3H3/b9-5-,17-6+. The minimum Gasteiger partial charge on any atom is -0.267 e. The first-order chi connectivity index (χ1) is 14.8. The van der Waals surface area contributed by atoms with Crippen molar-refractivity contribution < 1.29 is 22.3 Å². The predicted octanol–water partition coefficient (Wildman–Crippen LogP) is 4.31. The average Bonchev–Trinajstić information content (AvgIpc) is 2.76. The number of carbonyl (C=O) groups excluding carboxylic acids is 2. The minimum absolute atomic E-state index is 0.0865. The normalized spacial score (nSPS) is 23.6. The van der Waals surface area contributed by atoms with Gasteiger partial charge in [0.25, 0.3) is 21.9 Å². The zero-order chi connectivity index (χ0) is 22.6. The molecular weight excluding hydrogens is 414 g/mol. The monoisotopic (exact) mass is 443 g/mol. The van der Waals surface area contributed by atoms with Gasteiger partial charge in [-0.1, -0.05) is 67.0 Å². The van der Waals surface area contributed by atoms with Gasteiger partial charge in [0.15, 0.2) is 0 Å². The van der Waals surface area contributed by atoms with Gasteiger partial charge in [0.2, 0.25) is 0 Å². The van der Waals surface area contributed by atoms with Crippen LogP contribution in [0.5, 0.6) is 0 Å². The molecule has 0 saturated carbocycles. The molecule has 0 N–H and O–H groups in total. The Morgan fingerprint density at radius 2 is 1.94 bits per heavy atom. The van der Waals surface area contributed by atoms with Crippen LogP contribution in [0.3, 0.4) is 0 Å². The second kappa shape index (κ2) is 9.75. The van der Waals surface area contributed by atoms with Gasteiger partial charge in [0.05, 0.1) is 5.75 Å². The fourth-order valence-corrected chi connectivity index (χ4v) is 5.01. The Labute approximate surface area is 184 Å². The molecule has 1 fully saturated rings. The molecule has 7 heteroatoms. The van der Waals surface area contributed by atoms with Crippen LogP contribution in [0.2, 0.25) is 0 Å². The lowest BCUT2D eigenvalue weighted by molar-refractivity contribution is -0.168. The van der Waals surface area contributed by atoms with Crippen LogP contribution < -0.4 is 0 Å². The van der Waals surface area contributed by atoms with Crippen LogP contribution in [-0.4, -0.2) is 31.0 Å². The fraction of sp³-hybridized carbons (Fsp3) is 0.417. The van der Waals surface area contributed by atoms with E-state index < -0.39 is 21.9 Å². The lowest BCUT2D eigenvalue weighted by Crippen LogP contribution is -2.49. The first-order valence-corrected chi connectivity index (χ1v) is 12.3. The molecule has 6 nitrogen and oxygen atoms in total. The summed E-state index contributed by atoms with van der Waals surface area (Å²) in [6.45, 7) is 5.76. The number of unbranched alkanes of at least 4 members (excludes halogenated alkanes) is 1. The lowest BCUT2D eigenvalue weighted by atomic mass is 9.70. The van der Waals surface area contributed by atoms with Crippen LogP contribution in [0.15, 0.2) is 70.9 Å². The van der Waals surface area contributed by atoms with Gasteiger partial charge in [-0.15, -0.1) is 9.35 Å². The molecule has 2 aliphatic carbocycles. The Balaban J connectivity index is 1.85. The first kappa shape index (κ1) is 23.2. The summed E-state index contributed by atoms with van der Waals surface area (Å²) in [4.78, 5) is 26.1. The van der Waals surface area contributed by atoms with Crippen LogP contribution in [0.1, 0.15) is 46.5 Å². The second-order valence-electron chi connectivity index (χ2n) is 7.86. The van der Waals surface area contributed by atoms with Gasteiger partial charge in [0.1, 0.15) is 0 Å². The molecule has 1 aliphatic heterocycles. The van der Waals surface area contributed by atoms with Crippen molar-refractivity contribution >= 4 is 21.9 Å². The fourth-order valence-electron chi connectivity index (χ4n) is 4.08. The largest absolute Gasteiger partial charge is 0.288 e. The molecule has 3 aliphatic rings. The number of imide groups is 1. The SMILES string of the molecule is C/C=C\C(=C/C)CCS(=O)(=O)ON1C(=O)C2=CC=CC3C=C(CCCC)C=C(C1=O)C23. The number of rotatable bonds is 9. The van der Waals surface area contributed by atoms with Crippen molar-refractivity contribution in [1.29, 1.82) is 0 Å². The number of carbonyl (C=O) groups is 2. The van der Waals surface area contributed by atoms with E-state index in [0.717, 1.165) is 30.4 Å². The lowest BCUT2D eigenvalue weighted by Gasteiger charge is -2.38. The topological polar surface area (TPSA) is 80.8 Å². The molecule has 166 valence electrons. The van der Waals surface area contributed by atoms with E-state index in [1.54, 1.807) is 18.2 Å². The number of hydroxylamine groups is 2. The summed E-state index contributed by atoms with van der Waals surface area (Å²) >= 11 is 0. The molecule has 3 rings (SSSR count). The number of hydrogen-bond acceptors (Lipinski definition) is 5. The van der Waals surface area contributed by atoms with Crippen molar-refractivity contribution in [3.05, 3.63) is 70.9 Å². The van der Waals surface area contributed by atoms with E-state index in [0.29, 0.717) is 16.2 Å². The van der Waals surface area contributed by atoms with Gasteiger partial charge in [-0.25, -0.2) is 0 Å². The molecule has 31 heavy (non-hydrogen) atoms. The van der Waals surface area contributed by atoms with Crippen LogP contribution in [-0.2, 0) is 24.0 Å². The Kier molecular flexibility index (Phi) is 7.28. The highest BCUT2D eigenvalue weighted by Gasteiger charge is 2.47. The molecule has 2 unspecified atom stereocenters. The summed E-state index contributed by atoms with van der Waals surface area (Å²) in [7, 11) is -4.14. The molecule has 0 aromatic rings. The van der Waals surface area contributed by atoms with Crippen LogP contribution in [0.25, 0.3) is 0 Å². The van der Waals surface area contributed by atoms with Gasteiger partial charge >= 0.3 is 0 Å². The Hall–Kier alpha value is -2.51. The van der Waals surface area contributed by atoms with Gasteiger partial charge < -0.3 is 0 Å². The zero-order valence-corrected chi connectivity index (χ0v) is 19.0. The Morgan fingerprint density at radius 3 is 2.61 bits per heavy atom. The van der Waals surface area contributed by atoms with E-state index in [9.17, 15) is 18.0 Å². The van der Waals surface area contributed by atoms with Crippen molar-refractivity contribution in [2.75, 3.05) is 5.75 Å². The number of piperidine rings is 1. The highest BCUT2D eigenvalue weighted by atomic mass is 32.2. The van der Waals surface area contributed by atoms with E-state index in [1.807, 2.05) is 38.2 Å². The molecule has 1 heterocycles. The number of nitrogens with zero attached hydrogens (tertiary/aromatic N) is 1. The van der Waals surface area contributed by atoms with Gasteiger partial charge in [0, 0.05) is 23.0 Å². The summed E-state index contributed by atoms with van der Waals surface area (Å²) in [5, 5.41) is 0.424. The summed E-state index contributed by atoms with van der Waals surface area (Å²) in [5.41, 5.74) is 2.64. The van der Waals surface area contributed by atoms with Gasteiger partial charge in [-0.2, -0.15) is 8.42 Å². The smallest absolute Gasteiger partial charge is 0.267 e. The first-order valence-electron chi connectivity index (χ1n) is 10.7. The quantitative estimate of drug-likeness (QED) is 0.392. The van der Waals surface area contributed by atoms with Crippen molar-refractivity contribution in [2.24, 2.45) is 11.8 Å². The van der Waals surface area contributed by atoms with Crippen molar-refractivity contribution in [1.82, 2.24) is 5.06 Å². The van der Waals surface area contributed by atoms with E-state index in [4.69, 9.17) is 4.28 Å². The van der Waals surface area contributed by atoms with Gasteiger partial charge in [-0.3, -0.25) is 9.59 Å². The third kappa shape index (κ3) is 5.05. The predicted molar refractivity (Wildman–Crippen MR) is 120 cm³/mol. The molecule has 0 aromatic heterocycles. The summed E-state index contributed by atoms with van der Waals surface area (Å²) in [6.07, 6.45) is 17.8. The molecule has 0 bridgehead atoms. The zero-order valence-electron chi connectivity index (χ0n) is 18.2. The summed E-state index contributed by atoms with van der Waals surface area (Å²) in [6, 6.07) is 0. The highest BCUT2D eigenvalue weighted by molar-refractivity contribution is 7.86. The average molecular weight is 444 g/mol. The van der Waals surface area contributed by atoms with Crippen molar-refractivity contribution in [2.45, 2.75) is 46.5 Å². The summed E-state index contributed by atoms with van der Waals surface area (Å²) in [5.74, 6) is -2.22. The van der Waals surface area contributed by atoms with E-state index in [1.165, 1.54) is 0 Å². The number of allylic oxidation sites excluding steroid dienone is 10. The molecule has 2 atom stereocenters. The molecular formula is C24H29NO5S. The molecule has 1 saturated heterocycles. The van der Waals surface area contributed by atoms with Gasteiger partial charge in [-0.05, 0) is 39.2 Å². The van der Waals surface area contributed by atoms with Crippen LogP contribution in [0.4, 0.5) is 0 Å². The van der Waals surface area contributed by atoms with Crippen LogP contribution >= 0.6 is 0 Å². The summed E-state index contributed by atoms with van der Waals surface area (Å²) < 4.78 is 30.2. The van der Waals surface area contributed by atoms with E-state index >= 15 is 0 Å². The maximum absolute atomic E-state index is 13.1. The van der Waals surface area contributed by atoms with E-state index in [2.05, 4.69) is 13.0 Å². The third-order valence-electron chi connectivity index (χ3n) is 5.67. The van der Waals surface area contributed by atoms with Crippen molar-refractivity contribution in [3.63, 3.8) is 0 Å². The maximum atomic E-state index is 13.1. The maximum Gasteiger partial charge on any atom is 0.288 e. The Bertz CT molecular complexity index is 1040. The molecule has 2 amide bonds. The molecule has 0 aromatic carbocycles. The van der Waals surface area contributed by atoms with E-state index in [-0.39, 0.29) is 24.0 Å². The molecule has 0 radical (unpaired) electrons. The number of hydrogen-bond donors (Lipinski definition) is 0. The third-order valence-corrected chi connectivity index (χ3v) is 6.75. The highest BCUT2D eigenvalue weighted by Crippen LogP contribution is 2.43. The van der Waals surface area contributed by atoms with Crippen molar-refractivity contribution in [3.8, 4) is 0 Å². The Morgan fingerprint density at radius 1 is 1.19 bits per heavy atom. The molecule has 0 spiro atoms. The second-order valence-corrected chi connectivity index (χ2v) is 9.53. The van der Waals surface area contributed by atoms with Crippen LogP contribution in [0, 0.1) is 11.8 Å². The number of amides is 2. The minimum atomic E-state index is -4.14.